The molecule has 4 aromatic heterocycles. The van der Waals surface area contributed by atoms with Gasteiger partial charge in [-0.3, -0.25) is 0 Å². The van der Waals surface area contributed by atoms with E-state index in [9.17, 15) is 0 Å². The van der Waals surface area contributed by atoms with Gasteiger partial charge in [0, 0.05) is 68.1 Å². The van der Waals surface area contributed by atoms with E-state index in [2.05, 4.69) is 108 Å². The predicted molar refractivity (Wildman–Crippen MR) is 156 cm³/mol. The Kier molecular flexibility index (Phi) is 3.36. The molecular weight excluding hydrogens is 462 g/mol. The zero-order chi connectivity index (χ0) is 22.7. The average Bonchev–Trinajstić information content (AvgIpc) is 3.59. The van der Waals surface area contributed by atoms with Crippen LogP contribution in [0.25, 0.3) is 78.3 Å². The van der Waals surface area contributed by atoms with Gasteiger partial charge in [0.1, 0.15) is 0 Å². The molecule has 162 valence electrons. The topological polar surface area (TPSA) is 4.41 Å². The minimum absolute atomic E-state index is 1.28. The zero-order valence-corrected chi connectivity index (χ0v) is 20.2. The summed E-state index contributed by atoms with van der Waals surface area (Å²) in [4.78, 5) is 0. The second-order valence-corrected chi connectivity index (χ2v) is 11.4. The molecule has 0 aliphatic carbocycles. The van der Waals surface area contributed by atoms with Crippen molar-refractivity contribution >= 4 is 101 Å². The molecule has 0 spiro atoms. The standard InChI is InChI=1S/C32H17NS2/c1-2-8-19-18(7-1)17-33-25-16-15-23-21-10-4-5-11-26(21)34-31(23)28(25)24-14-13-22-20-9-3-6-12-27(20)35-32(22)29(24)30(19)33/h1-17H. The molecule has 3 heteroatoms. The molecule has 4 heterocycles. The SMILES string of the molecule is c1ccc2c(c1)cn1c3ccc4c5ccccc5sc4c3c3ccc4c5ccccc5sc4c3c21. The van der Waals surface area contributed by atoms with E-state index in [-0.39, 0.29) is 0 Å². The molecular formula is C32H17NS2. The smallest absolute Gasteiger partial charge is 0.0628 e. The zero-order valence-electron chi connectivity index (χ0n) is 18.6. The summed E-state index contributed by atoms with van der Waals surface area (Å²) in [6, 6.07) is 35.8. The van der Waals surface area contributed by atoms with E-state index in [1.165, 1.54) is 78.3 Å². The fourth-order valence-electron chi connectivity index (χ4n) is 6.08. The van der Waals surface area contributed by atoms with Crippen molar-refractivity contribution in [1.82, 2.24) is 4.40 Å². The fraction of sp³-hybridized carbons (Fsp3) is 0. The third-order valence-electron chi connectivity index (χ3n) is 7.56. The molecule has 0 fully saturated rings. The van der Waals surface area contributed by atoms with Crippen molar-refractivity contribution in [3.8, 4) is 0 Å². The van der Waals surface area contributed by atoms with Gasteiger partial charge in [-0.1, -0.05) is 78.9 Å². The Labute approximate surface area is 208 Å². The van der Waals surface area contributed by atoms with E-state index >= 15 is 0 Å². The van der Waals surface area contributed by atoms with Crippen LogP contribution in [0.5, 0.6) is 0 Å². The van der Waals surface area contributed by atoms with Gasteiger partial charge < -0.3 is 4.40 Å². The number of aromatic nitrogens is 1. The highest BCUT2D eigenvalue weighted by Crippen LogP contribution is 2.47. The maximum absolute atomic E-state index is 2.45. The van der Waals surface area contributed by atoms with Crippen LogP contribution in [-0.4, -0.2) is 4.40 Å². The first-order valence-electron chi connectivity index (χ1n) is 11.9. The minimum Gasteiger partial charge on any atom is -0.315 e. The number of hydrogen-bond donors (Lipinski definition) is 0. The lowest BCUT2D eigenvalue weighted by Crippen LogP contribution is -1.90. The first-order valence-corrected chi connectivity index (χ1v) is 13.5. The lowest BCUT2D eigenvalue weighted by Gasteiger charge is -2.12. The highest BCUT2D eigenvalue weighted by molar-refractivity contribution is 7.27. The Morgan fingerprint density at radius 1 is 0.457 bits per heavy atom. The van der Waals surface area contributed by atoms with E-state index in [0.717, 1.165) is 0 Å². The van der Waals surface area contributed by atoms with E-state index in [4.69, 9.17) is 0 Å². The summed E-state index contributed by atoms with van der Waals surface area (Å²) >= 11 is 3.85. The predicted octanol–water partition coefficient (Wildman–Crippen LogP) is 10.1. The molecule has 0 aliphatic rings. The number of fused-ring (bicyclic) bond motifs is 16. The van der Waals surface area contributed by atoms with Gasteiger partial charge in [0.2, 0.25) is 0 Å². The second kappa shape index (κ2) is 6.39. The van der Waals surface area contributed by atoms with Crippen molar-refractivity contribution in [3.63, 3.8) is 0 Å². The largest absolute Gasteiger partial charge is 0.315 e. The number of rotatable bonds is 0. The van der Waals surface area contributed by atoms with Gasteiger partial charge in [0.15, 0.2) is 0 Å². The summed E-state index contributed by atoms with van der Waals surface area (Å²) in [5.74, 6) is 0. The number of thiophene rings is 2. The molecule has 35 heavy (non-hydrogen) atoms. The molecule has 1 nitrogen and oxygen atoms in total. The third kappa shape index (κ3) is 2.23. The summed E-state index contributed by atoms with van der Waals surface area (Å²) in [5, 5.41) is 12.1. The number of pyridine rings is 1. The van der Waals surface area contributed by atoms with Gasteiger partial charge in [-0.25, -0.2) is 0 Å². The minimum atomic E-state index is 1.28. The Morgan fingerprint density at radius 3 is 1.77 bits per heavy atom. The van der Waals surface area contributed by atoms with E-state index < -0.39 is 0 Å². The number of nitrogens with zero attached hydrogens (tertiary/aromatic N) is 1. The Morgan fingerprint density at radius 2 is 1.03 bits per heavy atom. The molecule has 5 aromatic carbocycles. The van der Waals surface area contributed by atoms with Gasteiger partial charge in [-0.2, -0.15) is 0 Å². The highest BCUT2D eigenvalue weighted by atomic mass is 32.1. The van der Waals surface area contributed by atoms with Crippen molar-refractivity contribution in [1.29, 1.82) is 0 Å². The highest BCUT2D eigenvalue weighted by Gasteiger charge is 2.19. The monoisotopic (exact) mass is 479 g/mol. The van der Waals surface area contributed by atoms with Crippen LogP contribution >= 0.6 is 22.7 Å². The third-order valence-corrected chi connectivity index (χ3v) is 9.97. The van der Waals surface area contributed by atoms with Crippen molar-refractivity contribution in [2.24, 2.45) is 0 Å². The van der Waals surface area contributed by atoms with Crippen LogP contribution < -0.4 is 0 Å². The molecule has 0 N–H and O–H groups in total. The summed E-state index contributed by atoms with van der Waals surface area (Å²) in [7, 11) is 0. The van der Waals surface area contributed by atoms with Gasteiger partial charge in [-0.05, 0) is 23.6 Å². The maximum atomic E-state index is 2.45. The Hall–Kier alpha value is -3.92. The van der Waals surface area contributed by atoms with E-state index in [0.29, 0.717) is 0 Å². The summed E-state index contributed by atoms with van der Waals surface area (Å²) in [6.45, 7) is 0. The quantitative estimate of drug-likeness (QED) is 0.191. The molecule has 0 saturated carbocycles. The van der Waals surface area contributed by atoms with Crippen LogP contribution in [0.4, 0.5) is 0 Å². The summed E-state index contributed by atoms with van der Waals surface area (Å²) in [5.41, 5.74) is 2.60. The van der Waals surface area contributed by atoms with E-state index in [1.54, 1.807) is 0 Å². The van der Waals surface area contributed by atoms with Crippen molar-refractivity contribution in [2.45, 2.75) is 0 Å². The Balaban J connectivity index is 1.66. The lowest BCUT2D eigenvalue weighted by molar-refractivity contribution is 1.30. The molecule has 0 saturated heterocycles. The van der Waals surface area contributed by atoms with Crippen LogP contribution in [0.1, 0.15) is 0 Å². The molecule has 0 amide bonds. The first-order chi connectivity index (χ1) is 17.4. The van der Waals surface area contributed by atoms with Gasteiger partial charge in [0.25, 0.3) is 0 Å². The van der Waals surface area contributed by atoms with Crippen LogP contribution in [0, 0.1) is 0 Å². The number of hydrogen-bond acceptors (Lipinski definition) is 2. The van der Waals surface area contributed by atoms with Gasteiger partial charge in [-0.15, -0.1) is 22.7 Å². The maximum Gasteiger partial charge on any atom is 0.0628 e. The van der Waals surface area contributed by atoms with Crippen molar-refractivity contribution < 1.29 is 0 Å². The first kappa shape index (κ1) is 18.4. The average molecular weight is 480 g/mol. The van der Waals surface area contributed by atoms with Crippen LogP contribution in [0.2, 0.25) is 0 Å². The second-order valence-electron chi connectivity index (χ2n) is 9.33. The molecule has 0 atom stereocenters. The van der Waals surface area contributed by atoms with E-state index in [1.807, 2.05) is 22.7 Å². The molecule has 0 unspecified atom stereocenters. The molecule has 9 aromatic rings. The Bertz CT molecular complexity index is 2330. The lowest BCUT2D eigenvalue weighted by atomic mass is 9.99. The van der Waals surface area contributed by atoms with Crippen LogP contribution in [0.15, 0.2) is 103 Å². The fourth-order valence-corrected chi connectivity index (χ4v) is 8.59. The summed E-state index contributed by atoms with van der Waals surface area (Å²) < 4.78 is 7.93. The van der Waals surface area contributed by atoms with Gasteiger partial charge in [0.05, 0.1) is 11.0 Å². The van der Waals surface area contributed by atoms with Gasteiger partial charge >= 0.3 is 0 Å². The normalized spacial score (nSPS) is 12.6. The molecule has 0 bridgehead atoms. The molecule has 0 radical (unpaired) electrons. The van der Waals surface area contributed by atoms with Crippen LogP contribution in [0.3, 0.4) is 0 Å². The molecule has 9 rings (SSSR count). The van der Waals surface area contributed by atoms with Crippen molar-refractivity contribution in [2.75, 3.05) is 0 Å². The molecule has 0 aliphatic heterocycles. The number of benzene rings is 5. The van der Waals surface area contributed by atoms with Crippen LogP contribution in [-0.2, 0) is 0 Å². The summed E-state index contributed by atoms with van der Waals surface area (Å²) in [6.07, 6.45) is 2.33. The van der Waals surface area contributed by atoms with Crippen molar-refractivity contribution in [3.05, 3.63) is 103 Å².